The lowest BCUT2D eigenvalue weighted by molar-refractivity contribution is 0.138. The van der Waals surface area contributed by atoms with Gasteiger partial charge in [-0.2, -0.15) is 4.98 Å². The Morgan fingerprint density at radius 2 is 2.00 bits per heavy atom. The number of nitrogen functional groups attached to an aromatic ring is 1. The molecule has 0 aliphatic carbocycles. The maximum Gasteiger partial charge on any atom is 0.222 e. The van der Waals surface area contributed by atoms with Crippen LogP contribution in [0.3, 0.4) is 0 Å². The third-order valence-electron chi connectivity index (χ3n) is 3.50. The van der Waals surface area contributed by atoms with Crippen LogP contribution < -0.4 is 10.6 Å². The molecule has 5 heteroatoms. The lowest BCUT2D eigenvalue weighted by Crippen LogP contribution is -2.57. The molecule has 1 aromatic rings. The van der Waals surface area contributed by atoms with Crippen LogP contribution in [0.1, 0.15) is 19.5 Å². The maximum absolute atomic E-state index is 5.70. The summed E-state index contributed by atoms with van der Waals surface area (Å²) in [6.45, 7) is 9.42. The second-order valence-corrected chi connectivity index (χ2v) is 5.38. The number of aryl methyl sites for hydroxylation is 1. The zero-order valence-electron chi connectivity index (χ0n) is 11.1. The van der Waals surface area contributed by atoms with E-state index >= 15 is 0 Å². The molecule has 0 amide bonds. The van der Waals surface area contributed by atoms with Gasteiger partial charge in [-0.3, -0.25) is 4.90 Å². The number of nitrogens with zero attached hydrogens (tertiary/aromatic N) is 4. The number of hydrogen-bond acceptors (Lipinski definition) is 5. The van der Waals surface area contributed by atoms with Gasteiger partial charge in [0.25, 0.3) is 0 Å². The average molecular weight is 235 g/mol. The van der Waals surface area contributed by atoms with Crippen molar-refractivity contribution in [3.63, 3.8) is 0 Å². The largest absolute Gasteiger partial charge is 0.368 e. The van der Waals surface area contributed by atoms with Crippen LogP contribution >= 0.6 is 0 Å². The first-order valence-electron chi connectivity index (χ1n) is 5.96. The molecular weight excluding hydrogens is 214 g/mol. The molecule has 0 bridgehead atoms. The fraction of sp³-hybridized carbons (Fsp3) is 0.667. The minimum Gasteiger partial charge on any atom is -0.368 e. The van der Waals surface area contributed by atoms with Crippen LogP contribution in [0.2, 0.25) is 0 Å². The summed E-state index contributed by atoms with van der Waals surface area (Å²) in [7, 11) is 2.16. The Labute approximate surface area is 103 Å². The van der Waals surface area contributed by atoms with Crippen LogP contribution in [0.15, 0.2) is 6.07 Å². The van der Waals surface area contributed by atoms with Gasteiger partial charge in [0.05, 0.1) is 0 Å². The van der Waals surface area contributed by atoms with Crippen molar-refractivity contribution < 1.29 is 0 Å². The van der Waals surface area contributed by atoms with Crippen molar-refractivity contribution in [2.24, 2.45) is 0 Å². The number of anilines is 2. The molecule has 0 saturated carbocycles. The third-order valence-corrected chi connectivity index (χ3v) is 3.50. The van der Waals surface area contributed by atoms with Crippen LogP contribution in [-0.4, -0.2) is 47.1 Å². The number of nitrogens with two attached hydrogens (primary N) is 1. The first-order valence-corrected chi connectivity index (χ1v) is 5.96. The average Bonchev–Trinajstić information content (AvgIpc) is 2.20. The van der Waals surface area contributed by atoms with E-state index in [0.717, 1.165) is 31.1 Å². The SMILES string of the molecule is Cc1cc(N2CCN(C)C(C)(C)C2)nc(N)n1. The second-order valence-electron chi connectivity index (χ2n) is 5.38. The number of aromatic nitrogens is 2. The Hall–Kier alpha value is -1.36. The quantitative estimate of drug-likeness (QED) is 0.783. The van der Waals surface area contributed by atoms with Crippen molar-refractivity contribution in [2.45, 2.75) is 26.3 Å². The molecule has 0 spiro atoms. The van der Waals surface area contributed by atoms with Crippen molar-refractivity contribution in [3.05, 3.63) is 11.8 Å². The van der Waals surface area contributed by atoms with Crippen LogP contribution in [0.4, 0.5) is 11.8 Å². The van der Waals surface area contributed by atoms with Gasteiger partial charge >= 0.3 is 0 Å². The van der Waals surface area contributed by atoms with Crippen molar-refractivity contribution in [3.8, 4) is 0 Å². The monoisotopic (exact) mass is 235 g/mol. The summed E-state index contributed by atoms with van der Waals surface area (Å²) in [5, 5.41) is 0. The van der Waals surface area contributed by atoms with E-state index in [1.54, 1.807) is 0 Å². The van der Waals surface area contributed by atoms with E-state index in [2.05, 4.69) is 40.7 Å². The lowest BCUT2D eigenvalue weighted by atomic mass is 10.00. The van der Waals surface area contributed by atoms with Crippen LogP contribution in [0.5, 0.6) is 0 Å². The van der Waals surface area contributed by atoms with E-state index in [4.69, 9.17) is 5.73 Å². The zero-order chi connectivity index (χ0) is 12.6. The maximum atomic E-state index is 5.70. The highest BCUT2D eigenvalue weighted by atomic mass is 15.3. The zero-order valence-corrected chi connectivity index (χ0v) is 11.1. The molecule has 0 radical (unpaired) electrons. The number of rotatable bonds is 1. The number of hydrogen-bond donors (Lipinski definition) is 1. The molecule has 0 aromatic carbocycles. The molecule has 2 N–H and O–H groups in total. The molecule has 17 heavy (non-hydrogen) atoms. The predicted molar refractivity (Wildman–Crippen MR) is 70.1 cm³/mol. The Kier molecular flexibility index (Phi) is 2.95. The molecule has 1 aliphatic heterocycles. The van der Waals surface area contributed by atoms with Gasteiger partial charge in [0.15, 0.2) is 0 Å². The van der Waals surface area contributed by atoms with E-state index in [1.807, 2.05) is 13.0 Å². The van der Waals surface area contributed by atoms with Crippen LogP contribution in [0.25, 0.3) is 0 Å². The van der Waals surface area contributed by atoms with Gasteiger partial charge in [-0.05, 0) is 27.8 Å². The van der Waals surface area contributed by atoms with E-state index in [-0.39, 0.29) is 5.54 Å². The van der Waals surface area contributed by atoms with Gasteiger partial charge < -0.3 is 10.6 Å². The normalized spacial score (nSPS) is 20.6. The van der Waals surface area contributed by atoms with Crippen molar-refractivity contribution in [1.82, 2.24) is 14.9 Å². The van der Waals surface area contributed by atoms with Crippen molar-refractivity contribution in [1.29, 1.82) is 0 Å². The highest BCUT2D eigenvalue weighted by Gasteiger charge is 2.31. The fourth-order valence-corrected chi connectivity index (χ4v) is 2.17. The Bertz CT molecular complexity index is 395. The Balaban J connectivity index is 2.23. The van der Waals surface area contributed by atoms with Crippen molar-refractivity contribution in [2.75, 3.05) is 37.3 Å². The van der Waals surface area contributed by atoms with Gasteiger partial charge in [0.1, 0.15) is 5.82 Å². The smallest absolute Gasteiger partial charge is 0.222 e. The lowest BCUT2D eigenvalue weighted by Gasteiger charge is -2.45. The highest BCUT2D eigenvalue weighted by molar-refractivity contribution is 5.44. The summed E-state index contributed by atoms with van der Waals surface area (Å²) in [4.78, 5) is 13.1. The molecular formula is C12H21N5. The summed E-state index contributed by atoms with van der Waals surface area (Å²) < 4.78 is 0. The third kappa shape index (κ3) is 2.49. The van der Waals surface area contributed by atoms with Gasteiger partial charge in [-0.15, -0.1) is 0 Å². The van der Waals surface area contributed by atoms with Crippen molar-refractivity contribution >= 4 is 11.8 Å². The van der Waals surface area contributed by atoms with E-state index in [9.17, 15) is 0 Å². The second kappa shape index (κ2) is 4.14. The molecule has 0 unspecified atom stereocenters. The predicted octanol–water partition coefficient (Wildman–Crippen LogP) is 0.898. The summed E-state index contributed by atoms with van der Waals surface area (Å²) >= 11 is 0. The highest BCUT2D eigenvalue weighted by Crippen LogP contribution is 2.23. The number of likely N-dealkylation sites (N-methyl/N-ethyl adjacent to an activating group) is 1. The summed E-state index contributed by atoms with van der Waals surface area (Å²) in [5.41, 5.74) is 6.78. The van der Waals surface area contributed by atoms with Crippen LogP contribution in [-0.2, 0) is 0 Å². The minimum absolute atomic E-state index is 0.159. The standard InChI is InChI=1S/C12H21N5/c1-9-7-10(15-11(13)14-9)17-6-5-16(4)12(2,3)8-17/h7H,5-6,8H2,1-4H3,(H2,13,14,15). The van der Waals surface area contributed by atoms with E-state index in [0.29, 0.717) is 5.95 Å². The Morgan fingerprint density at radius 3 is 2.59 bits per heavy atom. The van der Waals surface area contributed by atoms with E-state index in [1.165, 1.54) is 0 Å². The first-order chi connectivity index (χ1) is 7.88. The molecule has 94 valence electrons. The van der Waals surface area contributed by atoms with Gasteiger partial charge in [-0.25, -0.2) is 4.98 Å². The van der Waals surface area contributed by atoms with E-state index < -0.39 is 0 Å². The summed E-state index contributed by atoms with van der Waals surface area (Å²) in [5.74, 6) is 1.30. The summed E-state index contributed by atoms with van der Waals surface area (Å²) in [6, 6.07) is 2.00. The van der Waals surface area contributed by atoms with Crippen LogP contribution in [0, 0.1) is 6.92 Å². The number of piperazine rings is 1. The molecule has 0 atom stereocenters. The summed E-state index contributed by atoms with van der Waals surface area (Å²) in [6.07, 6.45) is 0. The molecule has 2 heterocycles. The molecule has 1 fully saturated rings. The topological polar surface area (TPSA) is 58.3 Å². The van der Waals surface area contributed by atoms with Gasteiger partial charge in [-0.1, -0.05) is 0 Å². The molecule has 5 nitrogen and oxygen atoms in total. The molecule has 1 aliphatic rings. The molecule has 1 saturated heterocycles. The van der Waals surface area contributed by atoms with Gasteiger partial charge in [0.2, 0.25) is 5.95 Å². The first kappa shape index (κ1) is 12.1. The van der Waals surface area contributed by atoms with Gasteiger partial charge in [0, 0.05) is 36.9 Å². The molecule has 2 rings (SSSR count). The fourth-order valence-electron chi connectivity index (χ4n) is 2.17. The molecule has 1 aromatic heterocycles. The Morgan fingerprint density at radius 1 is 1.29 bits per heavy atom. The minimum atomic E-state index is 0.159.